The molecule has 0 spiro atoms. The van der Waals surface area contributed by atoms with E-state index >= 15 is 0 Å². The van der Waals surface area contributed by atoms with Gasteiger partial charge in [0.25, 0.3) is 5.22 Å². The average molecular weight is 259 g/mol. The largest absolute Gasteiger partial charge is 0.436 e. The van der Waals surface area contributed by atoms with Gasteiger partial charge in [0.05, 0.1) is 10.7 Å². The molecule has 84 valence electrons. The van der Waals surface area contributed by atoms with Crippen molar-refractivity contribution in [3.8, 4) is 0 Å². The van der Waals surface area contributed by atoms with Crippen LogP contribution in [0.4, 0.5) is 4.39 Å². The molecule has 0 aliphatic carbocycles. The average Bonchev–Trinajstić information content (AvgIpc) is 2.51. The van der Waals surface area contributed by atoms with Crippen LogP contribution in [0.1, 0.15) is 11.5 Å². The zero-order valence-corrected chi connectivity index (χ0v) is 10.2. The Balaban J connectivity index is 2.27. The summed E-state index contributed by atoms with van der Waals surface area (Å²) in [5.41, 5.74) is 0.789. The highest BCUT2D eigenvalue weighted by molar-refractivity contribution is 7.99. The summed E-state index contributed by atoms with van der Waals surface area (Å²) in [6.45, 7) is 3.63. The molecule has 2 aromatic rings. The first kappa shape index (κ1) is 11.4. The summed E-state index contributed by atoms with van der Waals surface area (Å²) < 4.78 is 18.7. The van der Waals surface area contributed by atoms with Crippen molar-refractivity contribution in [3.63, 3.8) is 0 Å². The first-order valence-corrected chi connectivity index (χ1v) is 5.68. The second-order valence-electron chi connectivity index (χ2n) is 3.16. The molecule has 0 aliphatic heterocycles. The predicted molar refractivity (Wildman–Crippen MR) is 59.3 cm³/mol. The van der Waals surface area contributed by atoms with Gasteiger partial charge in [-0.25, -0.2) is 14.4 Å². The SMILES string of the molecule is Cc1nc(Sc2ncc(Cl)cc2F)oc1C. The van der Waals surface area contributed by atoms with Crippen molar-refractivity contribution >= 4 is 23.4 Å². The molecule has 0 atom stereocenters. The summed E-state index contributed by atoms with van der Waals surface area (Å²) in [5.74, 6) is 0.239. The molecule has 0 bridgehead atoms. The Bertz CT molecular complexity index is 510. The van der Waals surface area contributed by atoms with Gasteiger partial charge in [0, 0.05) is 6.20 Å². The fourth-order valence-electron chi connectivity index (χ4n) is 1.05. The monoisotopic (exact) mass is 258 g/mol. The lowest BCUT2D eigenvalue weighted by Gasteiger charge is -1.98. The van der Waals surface area contributed by atoms with E-state index in [0.717, 1.165) is 23.2 Å². The summed E-state index contributed by atoms with van der Waals surface area (Å²) in [6.07, 6.45) is 1.38. The number of aryl methyl sites for hydroxylation is 2. The standard InChI is InChI=1S/C10H8ClFN2OS/c1-5-6(2)15-10(14-5)16-9-8(12)3-7(11)4-13-9/h3-4H,1-2H3. The second kappa shape index (κ2) is 4.43. The zero-order chi connectivity index (χ0) is 11.7. The molecule has 0 saturated carbocycles. The van der Waals surface area contributed by atoms with Crippen molar-refractivity contribution in [2.75, 3.05) is 0 Å². The fourth-order valence-corrected chi connectivity index (χ4v) is 1.97. The lowest BCUT2D eigenvalue weighted by Crippen LogP contribution is -1.86. The van der Waals surface area contributed by atoms with E-state index in [1.807, 2.05) is 6.92 Å². The Morgan fingerprint density at radius 1 is 1.44 bits per heavy atom. The molecule has 0 radical (unpaired) electrons. The van der Waals surface area contributed by atoms with Gasteiger partial charge in [-0.05, 0) is 31.7 Å². The van der Waals surface area contributed by atoms with E-state index in [-0.39, 0.29) is 10.0 Å². The normalized spacial score (nSPS) is 10.8. The molecule has 16 heavy (non-hydrogen) atoms. The Hall–Kier alpha value is -1.07. The highest BCUT2D eigenvalue weighted by Gasteiger charge is 2.12. The maximum atomic E-state index is 13.4. The van der Waals surface area contributed by atoms with Crippen LogP contribution < -0.4 is 0 Å². The molecule has 2 rings (SSSR count). The summed E-state index contributed by atoms with van der Waals surface area (Å²) in [7, 11) is 0. The maximum absolute atomic E-state index is 13.4. The van der Waals surface area contributed by atoms with Gasteiger partial charge < -0.3 is 4.42 Å². The van der Waals surface area contributed by atoms with Crippen molar-refractivity contribution in [3.05, 3.63) is 34.6 Å². The van der Waals surface area contributed by atoms with E-state index in [0.29, 0.717) is 5.22 Å². The number of aromatic nitrogens is 2. The zero-order valence-electron chi connectivity index (χ0n) is 8.62. The van der Waals surface area contributed by atoms with E-state index < -0.39 is 5.82 Å². The third kappa shape index (κ3) is 2.36. The number of hydrogen-bond acceptors (Lipinski definition) is 4. The Morgan fingerprint density at radius 2 is 2.19 bits per heavy atom. The molecule has 0 amide bonds. The van der Waals surface area contributed by atoms with Gasteiger partial charge in [-0.1, -0.05) is 11.6 Å². The molecule has 0 saturated heterocycles. The van der Waals surface area contributed by atoms with E-state index in [1.54, 1.807) is 6.92 Å². The van der Waals surface area contributed by atoms with Crippen LogP contribution in [-0.4, -0.2) is 9.97 Å². The van der Waals surface area contributed by atoms with Crippen molar-refractivity contribution in [2.45, 2.75) is 24.1 Å². The van der Waals surface area contributed by atoms with Gasteiger partial charge in [0.1, 0.15) is 10.8 Å². The Labute approximate surface area is 101 Å². The smallest absolute Gasteiger partial charge is 0.262 e. The molecular weight excluding hydrogens is 251 g/mol. The summed E-state index contributed by atoms with van der Waals surface area (Å²) in [6, 6.07) is 1.21. The van der Waals surface area contributed by atoms with Gasteiger partial charge >= 0.3 is 0 Å². The number of oxazole rings is 1. The number of pyridine rings is 1. The highest BCUT2D eigenvalue weighted by Crippen LogP contribution is 2.29. The Morgan fingerprint density at radius 3 is 2.75 bits per heavy atom. The van der Waals surface area contributed by atoms with Gasteiger partial charge in [0.15, 0.2) is 5.82 Å². The van der Waals surface area contributed by atoms with Crippen LogP contribution in [-0.2, 0) is 0 Å². The lowest BCUT2D eigenvalue weighted by molar-refractivity contribution is 0.430. The topological polar surface area (TPSA) is 38.9 Å². The molecule has 6 heteroatoms. The number of halogens is 2. The number of hydrogen-bond donors (Lipinski definition) is 0. The molecule has 2 heterocycles. The second-order valence-corrected chi connectivity index (χ2v) is 4.54. The van der Waals surface area contributed by atoms with Gasteiger partial charge in [-0.15, -0.1) is 0 Å². The van der Waals surface area contributed by atoms with Crippen LogP contribution in [0, 0.1) is 19.7 Å². The molecule has 3 nitrogen and oxygen atoms in total. The Kier molecular flexibility index (Phi) is 3.16. The van der Waals surface area contributed by atoms with E-state index in [9.17, 15) is 4.39 Å². The molecule has 0 aliphatic rings. The van der Waals surface area contributed by atoms with Crippen molar-refractivity contribution in [1.82, 2.24) is 9.97 Å². The van der Waals surface area contributed by atoms with E-state index in [1.165, 1.54) is 12.3 Å². The number of rotatable bonds is 2. The van der Waals surface area contributed by atoms with Crippen LogP contribution >= 0.6 is 23.4 Å². The summed E-state index contributed by atoms with van der Waals surface area (Å²) in [4.78, 5) is 7.99. The van der Waals surface area contributed by atoms with Crippen LogP contribution in [0.3, 0.4) is 0 Å². The molecule has 0 N–H and O–H groups in total. The van der Waals surface area contributed by atoms with Crippen LogP contribution in [0.25, 0.3) is 0 Å². The van der Waals surface area contributed by atoms with Crippen molar-refractivity contribution < 1.29 is 8.81 Å². The first-order valence-electron chi connectivity index (χ1n) is 4.49. The van der Waals surface area contributed by atoms with E-state index in [4.69, 9.17) is 16.0 Å². The van der Waals surface area contributed by atoms with Crippen molar-refractivity contribution in [1.29, 1.82) is 0 Å². The van der Waals surface area contributed by atoms with Gasteiger partial charge in [0.2, 0.25) is 0 Å². The maximum Gasteiger partial charge on any atom is 0.262 e. The molecule has 0 fully saturated rings. The molecule has 0 unspecified atom stereocenters. The van der Waals surface area contributed by atoms with Crippen LogP contribution in [0.15, 0.2) is 26.9 Å². The highest BCUT2D eigenvalue weighted by atomic mass is 35.5. The molecule has 2 aromatic heterocycles. The minimum absolute atomic E-state index is 0.200. The molecular formula is C10H8ClFN2OS. The van der Waals surface area contributed by atoms with Crippen molar-refractivity contribution in [2.24, 2.45) is 0 Å². The van der Waals surface area contributed by atoms with Gasteiger partial charge in [-0.2, -0.15) is 0 Å². The number of nitrogens with zero attached hydrogens (tertiary/aromatic N) is 2. The van der Waals surface area contributed by atoms with Crippen LogP contribution in [0.2, 0.25) is 5.02 Å². The van der Waals surface area contributed by atoms with E-state index in [2.05, 4.69) is 9.97 Å². The minimum Gasteiger partial charge on any atom is -0.436 e. The predicted octanol–water partition coefficient (Wildman–Crippen LogP) is 3.63. The third-order valence-electron chi connectivity index (χ3n) is 1.97. The fraction of sp³-hybridized carbons (Fsp3) is 0.200. The quantitative estimate of drug-likeness (QED) is 0.825. The van der Waals surface area contributed by atoms with Crippen LogP contribution in [0.5, 0.6) is 0 Å². The van der Waals surface area contributed by atoms with Gasteiger partial charge in [-0.3, -0.25) is 0 Å². The third-order valence-corrected chi connectivity index (χ3v) is 3.02. The minimum atomic E-state index is -0.481. The first-order chi connectivity index (χ1) is 7.56. The summed E-state index contributed by atoms with van der Waals surface area (Å²) in [5, 5.41) is 0.844. The molecule has 0 aromatic carbocycles. The summed E-state index contributed by atoms with van der Waals surface area (Å²) >= 11 is 6.63. The lowest BCUT2D eigenvalue weighted by atomic mass is 10.4.